The molecule has 0 spiro atoms. The Kier molecular flexibility index (Phi) is 3.94. The van der Waals surface area contributed by atoms with Gasteiger partial charge in [0.25, 0.3) is 0 Å². The van der Waals surface area contributed by atoms with Gasteiger partial charge in [0.05, 0.1) is 5.02 Å². The summed E-state index contributed by atoms with van der Waals surface area (Å²) < 4.78 is 0. The summed E-state index contributed by atoms with van der Waals surface area (Å²) in [4.78, 5) is 6.72. The summed E-state index contributed by atoms with van der Waals surface area (Å²) in [6.07, 6.45) is 8.53. The summed E-state index contributed by atoms with van der Waals surface area (Å²) >= 11 is 6.23. The van der Waals surface area contributed by atoms with Crippen LogP contribution in [0, 0.1) is 5.92 Å². The minimum absolute atomic E-state index is 0.709. The van der Waals surface area contributed by atoms with Gasteiger partial charge >= 0.3 is 0 Å². The van der Waals surface area contributed by atoms with Crippen molar-refractivity contribution >= 4 is 17.4 Å². The van der Waals surface area contributed by atoms with Crippen LogP contribution in [0.4, 0.5) is 5.82 Å². The number of nitrogens with one attached hydrogen (secondary N) is 1. The smallest absolute Gasteiger partial charge is 0.128 e. The molecule has 4 heteroatoms. The Bertz CT molecular complexity index is 441. The first-order valence-electron chi connectivity index (χ1n) is 7.31. The normalized spacial score (nSPS) is 19.3. The number of anilines is 1. The standard InChI is InChI=1S/C15H22ClN3/c1-19(10-11-3-2-4-11)15-7-12(14(16)9-18-15)8-17-13-5-6-13/h7,9,11,13,17H,2-6,8,10H2,1H3. The summed E-state index contributed by atoms with van der Waals surface area (Å²) in [7, 11) is 2.13. The molecule has 0 radical (unpaired) electrons. The van der Waals surface area contributed by atoms with Crippen LogP contribution in [0.2, 0.25) is 5.02 Å². The number of pyridine rings is 1. The fourth-order valence-electron chi connectivity index (χ4n) is 2.51. The van der Waals surface area contributed by atoms with Crippen LogP contribution in [0.3, 0.4) is 0 Å². The van der Waals surface area contributed by atoms with Gasteiger partial charge in [-0.25, -0.2) is 4.98 Å². The fourth-order valence-corrected chi connectivity index (χ4v) is 2.68. The highest BCUT2D eigenvalue weighted by Gasteiger charge is 2.22. The van der Waals surface area contributed by atoms with Gasteiger partial charge in [0.1, 0.15) is 5.82 Å². The fraction of sp³-hybridized carbons (Fsp3) is 0.667. The van der Waals surface area contributed by atoms with Gasteiger partial charge < -0.3 is 10.2 Å². The Morgan fingerprint density at radius 2 is 2.16 bits per heavy atom. The predicted molar refractivity (Wildman–Crippen MR) is 79.7 cm³/mol. The van der Waals surface area contributed by atoms with Crippen molar-refractivity contribution in [1.29, 1.82) is 0 Å². The average Bonchev–Trinajstić information content (AvgIpc) is 3.16. The van der Waals surface area contributed by atoms with Gasteiger partial charge in [0.2, 0.25) is 0 Å². The summed E-state index contributed by atoms with van der Waals surface area (Å²) in [6, 6.07) is 2.84. The Labute approximate surface area is 120 Å². The first kappa shape index (κ1) is 13.2. The highest BCUT2D eigenvalue weighted by atomic mass is 35.5. The highest BCUT2D eigenvalue weighted by molar-refractivity contribution is 6.31. The van der Waals surface area contributed by atoms with Gasteiger partial charge in [0, 0.05) is 32.4 Å². The van der Waals surface area contributed by atoms with E-state index in [1.807, 2.05) is 0 Å². The van der Waals surface area contributed by atoms with Crippen LogP contribution in [-0.4, -0.2) is 24.6 Å². The monoisotopic (exact) mass is 279 g/mol. The van der Waals surface area contributed by atoms with Crippen LogP contribution in [0.5, 0.6) is 0 Å². The largest absolute Gasteiger partial charge is 0.359 e. The SMILES string of the molecule is CN(CC1CCC1)c1cc(CNC2CC2)c(Cl)cn1. The molecule has 19 heavy (non-hydrogen) atoms. The molecule has 0 atom stereocenters. The van der Waals surface area contributed by atoms with Crippen molar-refractivity contribution in [2.45, 2.75) is 44.7 Å². The van der Waals surface area contributed by atoms with Crippen LogP contribution in [0.25, 0.3) is 0 Å². The molecule has 1 N–H and O–H groups in total. The van der Waals surface area contributed by atoms with Crippen molar-refractivity contribution in [3.63, 3.8) is 0 Å². The minimum atomic E-state index is 0.709. The Morgan fingerprint density at radius 3 is 2.79 bits per heavy atom. The van der Waals surface area contributed by atoms with E-state index < -0.39 is 0 Å². The maximum atomic E-state index is 6.23. The third kappa shape index (κ3) is 3.40. The van der Waals surface area contributed by atoms with Crippen LogP contribution < -0.4 is 10.2 Å². The van der Waals surface area contributed by atoms with E-state index in [9.17, 15) is 0 Å². The van der Waals surface area contributed by atoms with E-state index in [0.717, 1.165) is 29.8 Å². The predicted octanol–water partition coefficient (Wildman–Crippen LogP) is 3.22. The molecule has 1 aromatic heterocycles. The lowest BCUT2D eigenvalue weighted by molar-refractivity contribution is 0.321. The van der Waals surface area contributed by atoms with E-state index in [2.05, 4.69) is 28.3 Å². The van der Waals surface area contributed by atoms with Crippen molar-refractivity contribution in [3.8, 4) is 0 Å². The van der Waals surface area contributed by atoms with Gasteiger partial charge in [0.15, 0.2) is 0 Å². The Balaban J connectivity index is 1.64. The second-order valence-corrected chi connectivity index (χ2v) is 6.37. The first-order valence-corrected chi connectivity index (χ1v) is 7.69. The first-order chi connectivity index (χ1) is 9.22. The summed E-state index contributed by atoms with van der Waals surface area (Å²) in [5, 5.41) is 4.28. The molecule has 0 saturated heterocycles. The summed E-state index contributed by atoms with van der Waals surface area (Å²) in [5.41, 5.74) is 1.17. The maximum absolute atomic E-state index is 6.23. The minimum Gasteiger partial charge on any atom is -0.359 e. The molecule has 2 fully saturated rings. The third-order valence-corrected chi connectivity index (χ3v) is 4.57. The number of nitrogens with zero attached hydrogens (tertiary/aromatic N) is 2. The summed E-state index contributed by atoms with van der Waals surface area (Å²) in [5.74, 6) is 1.90. The van der Waals surface area contributed by atoms with E-state index in [4.69, 9.17) is 11.6 Å². The van der Waals surface area contributed by atoms with Crippen molar-refractivity contribution in [2.24, 2.45) is 5.92 Å². The van der Waals surface area contributed by atoms with Gasteiger partial charge in [-0.1, -0.05) is 18.0 Å². The molecule has 0 aromatic carbocycles. The number of rotatable bonds is 6. The Morgan fingerprint density at radius 1 is 1.37 bits per heavy atom. The lowest BCUT2D eigenvalue weighted by Gasteiger charge is -2.30. The lowest BCUT2D eigenvalue weighted by Crippen LogP contribution is -2.30. The molecule has 1 aromatic rings. The van der Waals surface area contributed by atoms with Gasteiger partial charge in [-0.2, -0.15) is 0 Å². The van der Waals surface area contributed by atoms with Crippen molar-refractivity contribution in [2.75, 3.05) is 18.5 Å². The lowest BCUT2D eigenvalue weighted by atomic mass is 9.85. The number of hydrogen-bond donors (Lipinski definition) is 1. The third-order valence-electron chi connectivity index (χ3n) is 4.23. The van der Waals surface area contributed by atoms with E-state index in [1.165, 1.54) is 37.7 Å². The van der Waals surface area contributed by atoms with Gasteiger partial charge in [-0.05, 0) is 43.2 Å². The second-order valence-electron chi connectivity index (χ2n) is 5.97. The van der Waals surface area contributed by atoms with Crippen LogP contribution >= 0.6 is 11.6 Å². The molecular weight excluding hydrogens is 258 g/mol. The van der Waals surface area contributed by atoms with Crippen LogP contribution in [0.1, 0.15) is 37.7 Å². The zero-order valence-corrected chi connectivity index (χ0v) is 12.3. The van der Waals surface area contributed by atoms with Crippen LogP contribution in [0.15, 0.2) is 12.3 Å². The molecule has 104 valence electrons. The topological polar surface area (TPSA) is 28.2 Å². The molecule has 0 bridgehead atoms. The van der Waals surface area contributed by atoms with E-state index in [1.54, 1.807) is 6.20 Å². The van der Waals surface area contributed by atoms with Crippen molar-refractivity contribution in [1.82, 2.24) is 10.3 Å². The van der Waals surface area contributed by atoms with E-state index in [0.29, 0.717) is 6.04 Å². The molecular formula is C15H22ClN3. The molecule has 0 aliphatic heterocycles. The quantitative estimate of drug-likeness (QED) is 0.867. The zero-order chi connectivity index (χ0) is 13.2. The van der Waals surface area contributed by atoms with Crippen molar-refractivity contribution in [3.05, 3.63) is 22.8 Å². The van der Waals surface area contributed by atoms with Gasteiger partial charge in [-0.3, -0.25) is 0 Å². The molecule has 0 amide bonds. The second kappa shape index (κ2) is 5.68. The molecule has 0 unspecified atom stereocenters. The van der Waals surface area contributed by atoms with E-state index in [-0.39, 0.29) is 0 Å². The maximum Gasteiger partial charge on any atom is 0.128 e. The molecule has 1 heterocycles. The van der Waals surface area contributed by atoms with E-state index >= 15 is 0 Å². The van der Waals surface area contributed by atoms with Gasteiger partial charge in [-0.15, -0.1) is 0 Å². The zero-order valence-electron chi connectivity index (χ0n) is 11.5. The molecule has 3 rings (SSSR count). The Hall–Kier alpha value is -0.800. The van der Waals surface area contributed by atoms with Crippen LogP contribution in [-0.2, 0) is 6.54 Å². The molecule has 2 aliphatic carbocycles. The molecule has 2 aliphatic rings. The number of aromatic nitrogens is 1. The van der Waals surface area contributed by atoms with Crippen molar-refractivity contribution < 1.29 is 0 Å². The average molecular weight is 280 g/mol. The highest BCUT2D eigenvalue weighted by Crippen LogP contribution is 2.29. The molecule has 3 nitrogen and oxygen atoms in total. The number of hydrogen-bond acceptors (Lipinski definition) is 3. The number of halogens is 1. The summed E-state index contributed by atoms with van der Waals surface area (Å²) in [6.45, 7) is 1.97. The molecule has 2 saturated carbocycles.